The van der Waals surface area contributed by atoms with Gasteiger partial charge in [-0.3, -0.25) is 4.99 Å². The van der Waals surface area contributed by atoms with Crippen LogP contribution in [0.1, 0.15) is 111 Å². The zero-order valence-electron chi connectivity index (χ0n) is 20.0. The van der Waals surface area contributed by atoms with E-state index in [1.54, 1.807) is 0 Å². The number of aliphatic imine (C=N–C) groups is 1. The highest BCUT2D eigenvalue weighted by molar-refractivity contribution is 6.00. The van der Waals surface area contributed by atoms with Crippen molar-refractivity contribution in [1.29, 1.82) is 0 Å². The second kappa shape index (κ2) is 14.4. The van der Waals surface area contributed by atoms with Crippen molar-refractivity contribution in [3.8, 4) is 0 Å². The van der Waals surface area contributed by atoms with Crippen LogP contribution < -0.4 is 4.90 Å². The Labute approximate surface area is 186 Å². The lowest BCUT2D eigenvalue weighted by molar-refractivity contribution is 0.564. The Hall–Kier alpha value is -1.57. The minimum Gasteiger partial charge on any atom is -0.328 e. The summed E-state index contributed by atoms with van der Waals surface area (Å²) >= 11 is 0. The third-order valence-corrected chi connectivity index (χ3v) is 6.02. The molecule has 2 rings (SSSR count). The van der Waals surface area contributed by atoms with Gasteiger partial charge in [0, 0.05) is 18.7 Å². The quantitative estimate of drug-likeness (QED) is 0.196. The van der Waals surface area contributed by atoms with Crippen LogP contribution in [0.5, 0.6) is 0 Å². The largest absolute Gasteiger partial charge is 0.328 e. The maximum absolute atomic E-state index is 5.02. The maximum atomic E-state index is 5.02. The summed E-state index contributed by atoms with van der Waals surface area (Å²) in [5, 5.41) is 0. The molecule has 0 fully saturated rings. The Morgan fingerprint density at radius 3 is 2.00 bits per heavy atom. The van der Waals surface area contributed by atoms with Crippen LogP contribution in [-0.2, 0) is 0 Å². The first-order chi connectivity index (χ1) is 14.6. The Balaban J connectivity index is 1.50. The van der Waals surface area contributed by atoms with E-state index in [1.165, 1.54) is 95.0 Å². The molecular weight excluding hydrogens is 364 g/mol. The van der Waals surface area contributed by atoms with Gasteiger partial charge in [-0.2, -0.15) is 0 Å². The smallest absolute Gasteiger partial charge is 0.104 e. The molecule has 0 N–H and O–H groups in total. The normalized spacial score (nSPS) is 15.8. The lowest BCUT2D eigenvalue weighted by atomic mass is 10.1. The minimum atomic E-state index is 0.0347. The van der Waals surface area contributed by atoms with Gasteiger partial charge in [0.05, 0.1) is 5.54 Å². The molecule has 1 aliphatic rings. The predicted octanol–water partition coefficient (Wildman–Crippen LogP) is 8.72. The highest BCUT2D eigenvalue weighted by Crippen LogP contribution is 2.28. The summed E-state index contributed by atoms with van der Waals surface area (Å²) in [4.78, 5) is 7.44. The van der Waals surface area contributed by atoms with Gasteiger partial charge in [-0.05, 0) is 58.1 Å². The number of hydrogen-bond donors (Lipinski definition) is 0. The first-order valence-corrected chi connectivity index (χ1v) is 12.7. The molecule has 2 nitrogen and oxygen atoms in total. The summed E-state index contributed by atoms with van der Waals surface area (Å²) in [6.07, 6.45) is 23.5. The molecule has 0 atom stereocenters. The number of benzene rings is 1. The van der Waals surface area contributed by atoms with E-state index in [0.717, 1.165) is 13.0 Å². The van der Waals surface area contributed by atoms with Crippen molar-refractivity contribution in [2.75, 3.05) is 11.4 Å². The third kappa shape index (κ3) is 9.96. The molecule has 168 valence electrons. The number of unbranched alkanes of at least 4 members (excludes halogenated alkanes) is 11. The monoisotopic (exact) mass is 410 g/mol. The van der Waals surface area contributed by atoms with E-state index >= 15 is 0 Å². The first-order valence-electron chi connectivity index (χ1n) is 12.7. The summed E-state index contributed by atoms with van der Waals surface area (Å²) in [5.74, 6) is 1.28. The predicted molar refractivity (Wildman–Crippen MR) is 135 cm³/mol. The van der Waals surface area contributed by atoms with Crippen LogP contribution in [0.25, 0.3) is 0 Å². The van der Waals surface area contributed by atoms with Gasteiger partial charge in [0.1, 0.15) is 5.84 Å². The van der Waals surface area contributed by atoms with Crippen LogP contribution in [-0.4, -0.2) is 17.9 Å². The highest BCUT2D eigenvalue weighted by atomic mass is 15.3. The molecule has 0 bridgehead atoms. The summed E-state index contributed by atoms with van der Waals surface area (Å²) in [6, 6.07) is 10.7. The number of para-hydroxylation sites is 1. The van der Waals surface area contributed by atoms with E-state index in [4.69, 9.17) is 4.99 Å². The van der Waals surface area contributed by atoms with Crippen molar-refractivity contribution in [2.45, 2.75) is 116 Å². The fourth-order valence-electron chi connectivity index (χ4n) is 4.32. The van der Waals surface area contributed by atoms with Crippen molar-refractivity contribution in [2.24, 2.45) is 4.99 Å². The summed E-state index contributed by atoms with van der Waals surface area (Å²) < 4.78 is 0. The third-order valence-electron chi connectivity index (χ3n) is 6.02. The maximum Gasteiger partial charge on any atom is 0.104 e. The van der Waals surface area contributed by atoms with E-state index in [1.807, 2.05) is 0 Å². The highest BCUT2D eigenvalue weighted by Gasteiger charge is 2.31. The number of amidine groups is 1. The summed E-state index contributed by atoms with van der Waals surface area (Å²) in [6.45, 7) is 7.77. The molecule has 2 heteroatoms. The molecule has 0 aliphatic carbocycles. The molecule has 1 aromatic carbocycles. The molecule has 0 saturated carbocycles. The van der Waals surface area contributed by atoms with Gasteiger partial charge in [0.25, 0.3) is 0 Å². The van der Waals surface area contributed by atoms with Crippen LogP contribution >= 0.6 is 0 Å². The number of allylic oxidation sites excluding steroid dienone is 2. The number of anilines is 1. The zero-order chi connectivity index (χ0) is 21.5. The summed E-state index contributed by atoms with van der Waals surface area (Å²) in [7, 11) is 0. The van der Waals surface area contributed by atoms with Crippen LogP contribution in [0.4, 0.5) is 5.69 Å². The van der Waals surface area contributed by atoms with Gasteiger partial charge in [0.15, 0.2) is 0 Å². The first kappa shape index (κ1) is 24.7. The van der Waals surface area contributed by atoms with Crippen molar-refractivity contribution >= 4 is 11.5 Å². The van der Waals surface area contributed by atoms with Crippen LogP contribution in [0.15, 0.2) is 47.5 Å². The van der Waals surface area contributed by atoms with Crippen LogP contribution in [0, 0.1) is 0 Å². The molecule has 0 aromatic heterocycles. The van der Waals surface area contributed by atoms with Crippen molar-refractivity contribution < 1.29 is 0 Å². The molecule has 30 heavy (non-hydrogen) atoms. The SMILES string of the molecule is CCCCCCCC/C=C\CCCCCCCC1=NC(C)(C)CN1c1ccccc1. The molecule has 0 unspecified atom stereocenters. The lowest BCUT2D eigenvalue weighted by Gasteiger charge is -2.23. The van der Waals surface area contributed by atoms with E-state index in [9.17, 15) is 0 Å². The molecule has 0 radical (unpaired) electrons. The van der Waals surface area contributed by atoms with Gasteiger partial charge in [-0.25, -0.2) is 0 Å². The number of nitrogens with zero attached hydrogens (tertiary/aromatic N) is 2. The van der Waals surface area contributed by atoms with Crippen LogP contribution in [0.3, 0.4) is 0 Å². The molecule has 0 spiro atoms. The average molecular weight is 411 g/mol. The topological polar surface area (TPSA) is 15.6 Å². The van der Waals surface area contributed by atoms with E-state index in [0.29, 0.717) is 0 Å². The Bertz CT molecular complexity index is 615. The van der Waals surface area contributed by atoms with Crippen molar-refractivity contribution in [1.82, 2.24) is 0 Å². The molecule has 1 aromatic rings. The average Bonchev–Trinajstić information content (AvgIpc) is 3.06. The van der Waals surface area contributed by atoms with Gasteiger partial charge >= 0.3 is 0 Å². The molecule has 0 amide bonds. The van der Waals surface area contributed by atoms with E-state index in [-0.39, 0.29) is 5.54 Å². The Kier molecular flexibility index (Phi) is 11.9. The van der Waals surface area contributed by atoms with Gasteiger partial charge in [-0.1, -0.05) is 88.6 Å². The van der Waals surface area contributed by atoms with Crippen molar-refractivity contribution in [3.63, 3.8) is 0 Å². The standard InChI is InChI=1S/C28H46N2/c1-4-5-6-7-8-9-10-11-12-13-14-15-16-17-21-24-27-29-28(2,3)25-30(27)26-22-19-18-20-23-26/h11-12,18-20,22-23H,4-10,13-17,21,24-25H2,1-3H3/b12-11-. The van der Waals surface area contributed by atoms with Crippen LogP contribution in [0.2, 0.25) is 0 Å². The Morgan fingerprint density at radius 1 is 0.800 bits per heavy atom. The zero-order valence-corrected chi connectivity index (χ0v) is 20.0. The molecule has 0 saturated heterocycles. The van der Waals surface area contributed by atoms with Crippen molar-refractivity contribution in [3.05, 3.63) is 42.5 Å². The second-order valence-electron chi connectivity index (χ2n) is 9.60. The lowest BCUT2D eigenvalue weighted by Crippen LogP contribution is -2.32. The minimum absolute atomic E-state index is 0.0347. The van der Waals surface area contributed by atoms with E-state index in [2.05, 4.69) is 68.2 Å². The number of rotatable bonds is 16. The van der Waals surface area contributed by atoms with E-state index < -0.39 is 0 Å². The second-order valence-corrected chi connectivity index (χ2v) is 9.60. The Morgan fingerprint density at radius 2 is 1.37 bits per heavy atom. The van der Waals surface area contributed by atoms with Gasteiger partial charge in [0.2, 0.25) is 0 Å². The summed E-state index contributed by atoms with van der Waals surface area (Å²) in [5.41, 5.74) is 1.32. The molecule has 1 aliphatic heterocycles. The number of hydrogen-bond acceptors (Lipinski definition) is 2. The fraction of sp³-hybridized carbons (Fsp3) is 0.679. The fourth-order valence-corrected chi connectivity index (χ4v) is 4.32. The van der Waals surface area contributed by atoms with Gasteiger partial charge in [-0.15, -0.1) is 0 Å². The van der Waals surface area contributed by atoms with Gasteiger partial charge < -0.3 is 4.90 Å². The molecule has 1 heterocycles. The molecular formula is C28H46N2.